The molecule has 0 aliphatic carbocycles. The molecule has 0 aliphatic rings. The van der Waals surface area contributed by atoms with Crippen molar-refractivity contribution < 1.29 is 22.8 Å². The zero-order valence-electron chi connectivity index (χ0n) is 9.19. The van der Waals surface area contributed by atoms with Gasteiger partial charge in [-0.05, 0) is 20.8 Å². The number of Topliss-reactive ketones (excluding diaryl/α,β-unsaturated/α-hetero) is 1. The van der Waals surface area contributed by atoms with Crippen LogP contribution in [-0.2, 0) is 9.59 Å². The number of rotatable bonds is 4. The first-order chi connectivity index (χ1) is 7.08. The van der Waals surface area contributed by atoms with Gasteiger partial charge in [-0.25, -0.2) is 0 Å². The van der Waals surface area contributed by atoms with E-state index in [9.17, 15) is 22.8 Å². The molecule has 3 nitrogen and oxygen atoms in total. The molecule has 0 radical (unpaired) electrons. The van der Waals surface area contributed by atoms with Crippen molar-refractivity contribution in [3.8, 4) is 0 Å². The fourth-order valence-corrected chi connectivity index (χ4v) is 1.59. The van der Waals surface area contributed by atoms with E-state index in [4.69, 9.17) is 11.6 Å². The molecule has 0 heterocycles. The minimum absolute atomic E-state index is 0.214. The summed E-state index contributed by atoms with van der Waals surface area (Å²) in [4.78, 5) is 22.9. The Balaban J connectivity index is 5.15. The molecule has 1 amide bonds. The first-order valence-corrected chi connectivity index (χ1v) is 5.10. The fourth-order valence-electron chi connectivity index (χ4n) is 1.26. The standard InChI is InChI=1S/C9H13ClF3NO2/c1-4-14(7(16)9(11,12)13)8(2,3)6(15)5-10/h4-5H2,1-3H3. The number of carbonyl (C=O) groups is 2. The summed E-state index contributed by atoms with van der Waals surface area (Å²) in [6.07, 6.45) is -4.99. The lowest BCUT2D eigenvalue weighted by Gasteiger charge is -2.36. The van der Waals surface area contributed by atoms with Gasteiger partial charge in [0, 0.05) is 6.54 Å². The molecule has 0 aromatic heterocycles. The largest absolute Gasteiger partial charge is 0.471 e. The number of carbonyl (C=O) groups excluding carboxylic acids is 2. The van der Waals surface area contributed by atoms with Crippen LogP contribution in [0.2, 0.25) is 0 Å². The second kappa shape index (κ2) is 5.03. The molecule has 0 aromatic rings. The zero-order chi connectivity index (χ0) is 13.1. The molecule has 0 spiro atoms. The highest BCUT2D eigenvalue weighted by molar-refractivity contribution is 6.29. The second-order valence-electron chi connectivity index (χ2n) is 3.66. The molecule has 0 atom stereocenters. The Kier molecular flexibility index (Phi) is 4.79. The number of halogens is 4. The van der Waals surface area contributed by atoms with Gasteiger partial charge in [-0.1, -0.05) is 0 Å². The van der Waals surface area contributed by atoms with Crippen molar-refractivity contribution in [1.29, 1.82) is 0 Å². The summed E-state index contributed by atoms with van der Waals surface area (Å²) in [5, 5.41) is 0. The Morgan fingerprint density at radius 3 is 1.94 bits per heavy atom. The summed E-state index contributed by atoms with van der Waals surface area (Å²) in [7, 11) is 0. The van der Waals surface area contributed by atoms with Crippen LogP contribution in [0.1, 0.15) is 20.8 Å². The minimum Gasteiger partial charge on any atom is -0.323 e. The first-order valence-electron chi connectivity index (χ1n) is 4.57. The molecular weight excluding hydrogens is 247 g/mol. The van der Waals surface area contributed by atoms with E-state index in [1.54, 1.807) is 0 Å². The number of nitrogens with zero attached hydrogens (tertiary/aromatic N) is 1. The van der Waals surface area contributed by atoms with E-state index in [2.05, 4.69) is 0 Å². The monoisotopic (exact) mass is 259 g/mol. The van der Waals surface area contributed by atoms with Crippen molar-refractivity contribution in [3.05, 3.63) is 0 Å². The Morgan fingerprint density at radius 1 is 1.25 bits per heavy atom. The topological polar surface area (TPSA) is 37.4 Å². The number of ketones is 1. The van der Waals surface area contributed by atoms with E-state index in [-0.39, 0.29) is 6.54 Å². The van der Waals surface area contributed by atoms with Crippen LogP contribution in [0.15, 0.2) is 0 Å². The highest BCUT2D eigenvalue weighted by Crippen LogP contribution is 2.25. The molecule has 94 valence electrons. The molecule has 0 fully saturated rings. The van der Waals surface area contributed by atoms with Gasteiger partial charge in [-0.2, -0.15) is 13.2 Å². The predicted molar refractivity (Wildman–Crippen MR) is 53.2 cm³/mol. The van der Waals surface area contributed by atoms with Crippen molar-refractivity contribution in [1.82, 2.24) is 4.90 Å². The smallest absolute Gasteiger partial charge is 0.323 e. The third kappa shape index (κ3) is 3.10. The Labute approximate surface area is 96.5 Å². The third-order valence-corrected chi connectivity index (χ3v) is 2.53. The summed E-state index contributed by atoms with van der Waals surface area (Å²) in [5.41, 5.74) is -1.55. The third-order valence-electron chi connectivity index (χ3n) is 2.28. The Bertz CT molecular complexity index is 289. The molecule has 0 bridgehead atoms. The van der Waals surface area contributed by atoms with E-state index < -0.39 is 29.3 Å². The normalized spacial score (nSPS) is 12.4. The molecule has 0 saturated carbocycles. The summed E-state index contributed by atoms with van der Waals surface area (Å²) < 4.78 is 36.7. The van der Waals surface area contributed by atoms with Crippen molar-refractivity contribution >= 4 is 23.3 Å². The van der Waals surface area contributed by atoms with E-state index in [1.807, 2.05) is 0 Å². The summed E-state index contributed by atoms with van der Waals surface area (Å²) in [5.74, 6) is -3.10. The van der Waals surface area contributed by atoms with Gasteiger partial charge in [0.2, 0.25) is 0 Å². The van der Waals surface area contributed by atoms with Gasteiger partial charge >= 0.3 is 12.1 Å². The molecule has 0 aliphatic heterocycles. The van der Waals surface area contributed by atoms with Crippen LogP contribution in [0.3, 0.4) is 0 Å². The number of amides is 1. The molecule has 0 saturated heterocycles. The summed E-state index contributed by atoms with van der Waals surface area (Å²) in [6, 6.07) is 0. The maximum absolute atomic E-state index is 12.2. The van der Waals surface area contributed by atoms with Gasteiger partial charge in [-0.15, -0.1) is 11.6 Å². The lowest BCUT2D eigenvalue weighted by Crippen LogP contribution is -2.57. The van der Waals surface area contributed by atoms with Gasteiger partial charge in [0.1, 0.15) is 0 Å². The van der Waals surface area contributed by atoms with E-state index in [0.717, 1.165) is 0 Å². The molecular formula is C9H13ClF3NO2. The van der Waals surface area contributed by atoms with E-state index >= 15 is 0 Å². The fraction of sp³-hybridized carbons (Fsp3) is 0.778. The number of alkyl halides is 4. The number of hydrogen-bond donors (Lipinski definition) is 0. The molecule has 16 heavy (non-hydrogen) atoms. The molecule has 0 unspecified atom stereocenters. The number of likely N-dealkylation sites (N-methyl/N-ethyl adjacent to an activating group) is 1. The van der Waals surface area contributed by atoms with Crippen LogP contribution in [0.25, 0.3) is 0 Å². The maximum atomic E-state index is 12.2. The van der Waals surface area contributed by atoms with E-state index in [1.165, 1.54) is 20.8 Å². The zero-order valence-corrected chi connectivity index (χ0v) is 9.95. The molecule has 0 aromatic carbocycles. The van der Waals surface area contributed by atoms with Crippen molar-refractivity contribution in [2.75, 3.05) is 12.4 Å². The molecule has 0 N–H and O–H groups in total. The van der Waals surface area contributed by atoms with Crippen LogP contribution >= 0.6 is 11.6 Å². The van der Waals surface area contributed by atoms with Crippen LogP contribution < -0.4 is 0 Å². The lowest BCUT2D eigenvalue weighted by atomic mass is 9.97. The summed E-state index contributed by atoms with van der Waals surface area (Å²) >= 11 is 5.29. The van der Waals surface area contributed by atoms with Crippen LogP contribution in [0.4, 0.5) is 13.2 Å². The molecule has 0 rings (SSSR count). The van der Waals surface area contributed by atoms with Crippen molar-refractivity contribution in [2.45, 2.75) is 32.5 Å². The SMILES string of the molecule is CCN(C(=O)C(F)(F)F)C(C)(C)C(=O)CCl. The highest BCUT2D eigenvalue weighted by atomic mass is 35.5. The van der Waals surface area contributed by atoms with Gasteiger partial charge in [0.05, 0.1) is 11.4 Å². The van der Waals surface area contributed by atoms with Gasteiger partial charge in [0.25, 0.3) is 0 Å². The maximum Gasteiger partial charge on any atom is 0.471 e. The van der Waals surface area contributed by atoms with Crippen LogP contribution in [0.5, 0.6) is 0 Å². The van der Waals surface area contributed by atoms with Gasteiger partial charge < -0.3 is 4.90 Å². The average Bonchev–Trinajstić information content (AvgIpc) is 2.15. The average molecular weight is 260 g/mol. The van der Waals surface area contributed by atoms with E-state index in [0.29, 0.717) is 4.90 Å². The Morgan fingerprint density at radius 2 is 1.69 bits per heavy atom. The highest BCUT2D eigenvalue weighted by Gasteiger charge is 2.48. The van der Waals surface area contributed by atoms with Crippen LogP contribution in [-0.4, -0.2) is 40.7 Å². The van der Waals surface area contributed by atoms with Crippen molar-refractivity contribution in [3.63, 3.8) is 0 Å². The summed E-state index contributed by atoms with van der Waals surface area (Å²) in [6.45, 7) is 3.64. The van der Waals surface area contributed by atoms with Gasteiger partial charge in [0.15, 0.2) is 5.78 Å². The Hall–Kier alpha value is -0.780. The second-order valence-corrected chi connectivity index (χ2v) is 3.93. The van der Waals surface area contributed by atoms with Crippen LogP contribution in [0, 0.1) is 0 Å². The van der Waals surface area contributed by atoms with Gasteiger partial charge in [-0.3, -0.25) is 9.59 Å². The predicted octanol–water partition coefficient (Wildman–Crippen LogP) is 1.98. The van der Waals surface area contributed by atoms with Crippen molar-refractivity contribution in [2.24, 2.45) is 0 Å². The lowest BCUT2D eigenvalue weighted by molar-refractivity contribution is -0.191. The quantitative estimate of drug-likeness (QED) is 0.724. The molecule has 7 heteroatoms. The number of hydrogen-bond acceptors (Lipinski definition) is 2. The minimum atomic E-state index is -4.99. The first kappa shape index (κ1) is 15.2.